The first kappa shape index (κ1) is 19.3. The lowest BCUT2D eigenvalue weighted by Crippen LogP contribution is -2.35. The van der Waals surface area contributed by atoms with Crippen molar-refractivity contribution in [3.05, 3.63) is 38.3 Å². The van der Waals surface area contributed by atoms with E-state index in [4.69, 9.17) is 27.8 Å². The second kappa shape index (κ2) is 6.77. The summed E-state index contributed by atoms with van der Waals surface area (Å²) in [4.78, 5) is 18.0. The minimum atomic E-state index is -1.01. The van der Waals surface area contributed by atoms with Gasteiger partial charge in [0.1, 0.15) is 6.61 Å². The number of aromatic amines is 1. The first-order valence-corrected chi connectivity index (χ1v) is 11.5. The van der Waals surface area contributed by atoms with E-state index >= 15 is 0 Å². The van der Waals surface area contributed by atoms with Crippen LogP contribution in [-0.4, -0.2) is 35.0 Å². The Hall–Kier alpha value is -1.06. The SMILES string of the molecule is [C-]#[N+]CCOP(C)O[C@@]12C[C@H](n3cc(C)c(=O)[nH]c3=S)C[C@@H]1[C@@]1(C)C[C@H]1C2. The molecule has 1 unspecified atom stereocenters. The average molecular weight is 407 g/mol. The monoisotopic (exact) mass is 407 g/mol. The van der Waals surface area contributed by atoms with Crippen LogP contribution in [0.3, 0.4) is 0 Å². The maximum absolute atomic E-state index is 11.9. The van der Waals surface area contributed by atoms with Crippen molar-refractivity contribution in [2.75, 3.05) is 19.8 Å². The van der Waals surface area contributed by atoms with Gasteiger partial charge in [0, 0.05) is 24.5 Å². The fourth-order valence-electron chi connectivity index (χ4n) is 5.53. The Balaban J connectivity index is 1.58. The second-order valence-electron chi connectivity index (χ2n) is 8.55. The number of fused-ring (bicyclic) bond motifs is 3. The van der Waals surface area contributed by atoms with E-state index in [2.05, 4.69) is 21.3 Å². The molecule has 1 aromatic rings. The number of nitrogens with one attached hydrogen (secondary N) is 1. The molecule has 3 fully saturated rings. The van der Waals surface area contributed by atoms with E-state index in [1.54, 1.807) is 0 Å². The lowest BCUT2D eigenvalue weighted by Gasteiger charge is -2.35. The summed E-state index contributed by atoms with van der Waals surface area (Å²) >= 11 is 5.45. The number of hydrogen-bond acceptors (Lipinski definition) is 4. The Morgan fingerprint density at radius 2 is 2.26 bits per heavy atom. The van der Waals surface area contributed by atoms with Crippen molar-refractivity contribution in [1.29, 1.82) is 0 Å². The molecular weight excluding hydrogens is 381 g/mol. The summed E-state index contributed by atoms with van der Waals surface area (Å²) in [7, 11) is -1.01. The molecule has 0 saturated heterocycles. The van der Waals surface area contributed by atoms with E-state index in [1.165, 1.54) is 6.42 Å². The minimum absolute atomic E-state index is 0.111. The number of nitrogens with zero attached hydrogens (tertiary/aromatic N) is 2. The van der Waals surface area contributed by atoms with Gasteiger partial charge in [-0.05, 0) is 62.1 Å². The van der Waals surface area contributed by atoms with E-state index in [-0.39, 0.29) is 17.2 Å². The van der Waals surface area contributed by atoms with E-state index in [0.717, 1.165) is 25.2 Å². The second-order valence-corrected chi connectivity index (χ2v) is 10.3. The van der Waals surface area contributed by atoms with Crippen LogP contribution in [-0.2, 0) is 9.05 Å². The lowest BCUT2D eigenvalue weighted by atomic mass is 9.84. The van der Waals surface area contributed by atoms with E-state index < -0.39 is 8.38 Å². The third kappa shape index (κ3) is 3.21. The van der Waals surface area contributed by atoms with Crippen LogP contribution in [0.1, 0.15) is 44.2 Å². The maximum atomic E-state index is 11.9. The fourth-order valence-corrected chi connectivity index (χ4v) is 7.01. The van der Waals surface area contributed by atoms with Crippen LogP contribution in [0, 0.1) is 35.5 Å². The van der Waals surface area contributed by atoms with Crippen molar-refractivity contribution in [2.24, 2.45) is 17.3 Å². The highest BCUT2D eigenvalue weighted by Crippen LogP contribution is 2.76. The van der Waals surface area contributed by atoms with E-state index in [0.29, 0.717) is 34.8 Å². The van der Waals surface area contributed by atoms with Crippen molar-refractivity contribution >= 4 is 20.6 Å². The van der Waals surface area contributed by atoms with Crippen molar-refractivity contribution < 1.29 is 9.05 Å². The Labute approximate surface area is 166 Å². The highest BCUT2D eigenvalue weighted by Gasteiger charge is 2.72. The van der Waals surface area contributed by atoms with Crippen LogP contribution in [0.4, 0.5) is 0 Å². The van der Waals surface area contributed by atoms with Crippen molar-refractivity contribution in [3.63, 3.8) is 0 Å². The van der Waals surface area contributed by atoms with Gasteiger partial charge in [0.15, 0.2) is 13.1 Å². The number of aryl methyl sites for hydroxylation is 1. The van der Waals surface area contributed by atoms with Gasteiger partial charge in [-0.3, -0.25) is 9.78 Å². The minimum Gasteiger partial charge on any atom is -0.327 e. The number of H-pyrrole nitrogens is 1. The molecule has 0 amide bonds. The predicted molar refractivity (Wildman–Crippen MR) is 107 cm³/mol. The molecule has 0 radical (unpaired) electrons. The van der Waals surface area contributed by atoms with Crippen LogP contribution in [0.5, 0.6) is 0 Å². The molecule has 4 rings (SSSR count). The topological polar surface area (TPSA) is 60.6 Å². The summed E-state index contributed by atoms with van der Waals surface area (Å²) in [5, 5.41) is 0. The van der Waals surface area contributed by atoms with Gasteiger partial charge in [-0.1, -0.05) is 6.92 Å². The average Bonchev–Trinajstić information content (AvgIpc) is 2.98. The highest BCUT2D eigenvalue weighted by atomic mass is 32.1. The first-order valence-electron chi connectivity index (χ1n) is 9.50. The quantitative estimate of drug-likeness (QED) is 0.332. The first-order chi connectivity index (χ1) is 12.8. The summed E-state index contributed by atoms with van der Waals surface area (Å²) < 4.78 is 14.9. The molecule has 27 heavy (non-hydrogen) atoms. The van der Waals surface area contributed by atoms with Gasteiger partial charge in [0.2, 0.25) is 6.54 Å². The zero-order chi connectivity index (χ0) is 19.4. The van der Waals surface area contributed by atoms with E-state index in [1.807, 2.05) is 19.8 Å². The third-order valence-corrected chi connectivity index (χ3v) is 8.38. The largest absolute Gasteiger partial charge is 0.327 e. The van der Waals surface area contributed by atoms with Crippen molar-refractivity contribution in [3.8, 4) is 0 Å². The van der Waals surface area contributed by atoms with Gasteiger partial charge in [0.25, 0.3) is 5.56 Å². The summed E-state index contributed by atoms with van der Waals surface area (Å²) in [5.41, 5.74) is 0.770. The molecule has 6 nitrogen and oxygen atoms in total. The van der Waals surface area contributed by atoms with Crippen molar-refractivity contribution in [1.82, 2.24) is 9.55 Å². The van der Waals surface area contributed by atoms with Crippen LogP contribution < -0.4 is 5.56 Å². The zero-order valence-electron chi connectivity index (χ0n) is 16.0. The van der Waals surface area contributed by atoms with Crippen LogP contribution in [0.25, 0.3) is 4.85 Å². The molecule has 6 atom stereocenters. The summed E-state index contributed by atoms with van der Waals surface area (Å²) in [6, 6.07) is 0.239. The Bertz CT molecular complexity index is 909. The molecule has 1 heterocycles. The summed E-state index contributed by atoms with van der Waals surface area (Å²) in [6.45, 7) is 13.9. The van der Waals surface area contributed by atoms with Crippen LogP contribution >= 0.6 is 20.6 Å². The molecule has 3 aliphatic rings. The molecule has 3 aliphatic carbocycles. The Morgan fingerprint density at radius 3 is 3.00 bits per heavy atom. The molecule has 1 N–H and O–H groups in total. The Morgan fingerprint density at radius 1 is 1.48 bits per heavy atom. The molecule has 0 bridgehead atoms. The highest BCUT2D eigenvalue weighted by molar-refractivity contribution is 7.71. The molecule has 1 aromatic heterocycles. The molecule has 146 valence electrons. The molecule has 0 aromatic carbocycles. The normalized spacial score (nSPS) is 37.5. The molecule has 3 saturated carbocycles. The van der Waals surface area contributed by atoms with Gasteiger partial charge in [0.05, 0.1) is 5.60 Å². The predicted octanol–water partition coefficient (Wildman–Crippen LogP) is 4.23. The number of hydrogen-bond donors (Lipinski definition) is 1. The standard InChI is InChI=1S/C19H26N3O3PS/c1-12-11-22(17(27)21-16(12)23)14-7-15-18(2)8-13(18)9-19(15,10-14)25-26(4)24-6-5-20-3/h11,13-15H,5-10H2,1-2,4H3,(H,21,23,27)/t13-,14+,15+,18-,19-,26?/m0/s1. The van der Waals surface area contributed by atoms with E-state index in [9.17, 15) is 4.79 Å². The third-order valence-electron chi connectivity index (χ3n) is 6.90. The molecule has 0 aliphatic heterocycles. The number of rotatable bonds is 6. The van der Waals surface area contributed by atoms with Gasteiger partial charge in [-0.2, -0.15) is 0 Å². The summed E-state index contributed by atoms with van der Waals surface area (Å²) in [5.74, 6) is 1.24. The number of aromatic nitrogens is 2. The van der Waals surface area contributed by atoms with Gasteiger partial charge >= 0.3 is 0 Å². The van der Waals surface area contributed by atoms with Crippen molar-refractivity contribution in [2.45, 2.75) is 51.2 Å². The molecule has 0 spiro atoms. The van der Waals surface area contributed by atoms with Gasteiger partial charge in [-0.15, -0.1) is 0 Å². The van der Waals surface area contributed by atoms with Gasteiger partial charge in [-0.25, -0.2) is 6.57 Å². The zero-order valence-corrected chi connectivity index (χ0v) is 17.7. The van der Waals surface area contributed by atoms with Crippen LogP contribution in [0.15, 0.2) is 11.0 Å². The fraction of sp³-hybridized carbons (Fsp3) is 0.737. The Kier molecular flexibility index (Phi) is 4.83. The molecule has 8 heteroatoms. The van der Waals surface area contributed by atoms with Crippen LogP contribution in [0.2, 0.25) is 0 Å². The van der Waals surface area contributed by atoms with Gasteiger partial charge < -0.3 is 18.5 Å². The smallest absolute Gasteiger partial charge is 0.254 e. The lowest BCUT2D eigenvalue weighted by molar-refractivity contribution is 0.0210. The molecular formula is C19H26N3O3PS. The summed E-state index contributed by atoms with van der Waals surface area (Å²) in [6.07, 6.45) is 6.19. The maximum Gasteiger partial charge on any atom is 0.254 e.